The molecule has 4 rings (SSSR count). The Balaban J connectivity index is 1.81. The highest BCUT2D eigenvalue weighted by molar-refractivity contribution is 6.01. The molecule has 2 amide bonds. The topological polar surface area (TPSA) is 62.3 Å². The number of fused-ring (bicyclic) bond motifs is 1. The number of aromatic nitrogens is 1. The lowest BCUT2D eigenvalue weighted by Crippen LogP contribution is -2.63. The molecule has 1 N–H and O–H groups in total. The van der Waals surface area contributed by atoms with E-state index in [0.717, 1.165) is 29.3 Å². The van der Waals surface area contributed by atoms with Crippen LogP contribution in [0, 0.1) is 0 Å². The van der Waals surface area contributed by atoms with Crippen LogP contribution in [-0.2, 0) is 4.79 Å². The summed E-state index contributed by atoms with van der Waals surface area (Å²) >= 11 is 0. The van der Waals surface area contributed by atoms with Gasteiger partial charge in [-0.2, -0.15) is 0 Å². The Morgan fingerprint density at radius 3 is 2.79 bits per heavy atom. The second kappa shape index (κ2) is 5.30. The Bertz CT molecular complexity index is 840. The molecule has 1 aliphatic heterocycles. The molecule has 5 heteroatoms. The number of nitrogens with zero attached hydrogens (tertiary/aromatic N) is 2. The van der Waals surface area contributed by atoms with E-state index in [0.29, 0.717) is 24.7 Å². The second-order valence-electron chi connectivity index (χ2n) is 7.16. The lowest BCUT2D eigenvalue weighted by molar-refractivity contribution is -0.133. The first-order valence-corrected chi connectivity index (χ1v) is 8.48. The van der Waals surface area contributed by atoms with Gasteiger partial charge in [-0.15, -0.1) is 0 Å². The maximum Gasteiger partial charge on any atom is 0.273 e. The first kappa shape index (κ1) is 15.1. The van der Waals surface area contributed by atoms with Gasteiger partial charge in [0.25, 0.3) is 5.91 Å². The van der Waals surface area contributed by atoms with Gasteiger partial charge in [0.2, 0.25) is 5.91 Å². The molecular formula is C19H21N3O2. The minimum Gasteiger partial charge on any atom is -0.352 e. The fraction of sp³-hybridized carbons (Fsp3) is 0.421. The summed E-state index contributed by atoms with van der Waals surface area (Å²) in [5.41, 5.74) is 1.51. The van der Waals surface area contributed by atoms with Crippen molar-refractivity contribution in [3.63, 3.8) is 0 Å². The minimum absolute atomic E-state index is 0.115. The highest BCUT2D eigenvalue weighted by atomic mass is 16.2. The summed E-state index contributed by atoms with van der Waals surface area (Å²) in [6.45, 7) is 4.57. The van der Waals surface area contributed by atoms with Crippen molar-refractivity contribution < 1.29 is 9.59 Å². The standard InChI is InChI=1S/C19H21N3O2/c1-19(2)18(24)20-9-10-22(19)17(23)16-14(12-7-8-12)11-13-5-3-4-6-15(13)21-16/h3-6,11-12H,7-10H2,1-2H3,(H,20,24). The van der Waals surface area contributed by atoms with E-state index in [1.54, 1.807) is 18.7 Å². The summed E-state index contributed by atoms with van der Waals surface area (Å²) in [7, 11) is 0. The monoisotopic (exact) mass is 323 g/mol. The van der Waals surface area contributed by atoms with Crippen molar-refractivity contribution >= 4 is 22.7 Å². The Morgan fingerprint density at radius 1 is 1.29 bits per heavy atom. The Hall–Kier alpha value is -2.43. The summed E-state index contributed by atoms with van der Waals surface area (Å²) in [4.78, 5) is 31.8. The second-order valence-corrected chi connectivity index (χ2v) is 7.16. The van der Waals surface area contributed by atoms with Crippen molar-refractivity contribution in [2.45, 2.75) is 38.1 Å². The van der Waals surface area contributed by atoms with Gasteiger partial charge in [0.1, 0.15) is 11.2 Å². The zero-order valence-corrected chi connectivity index (χ0v) is 14.0. The van der Waals surface area contributed by atoms with Crippen LogP contribution in [0.5, 0.6) is 0 Å². The number of rotatable bonds is 2. The molecule has 2 aromatic rings. The number of pyridine rings is 1. The van der Waals surface area contributed by atoms with E-state index in [9.17, 15) is 9.59 Å². The third-order valence-electron chi connectivity index (χ3n) is 5.07. The lowest BCUT2D eigenvalue weighted by Gasteiger charge is -2.41. The van der Waals surface area contributed by atoms with Gasteiger partial charge in [-0.25, -0.2) is 4.98 Å². The zero-order chi connectivity index (χ0) is 16.9. The number of carbonyl (C=O) groups excluding carboxylic acids is 2. The van der Waals surface area contributed by atoms with Crippen LogP contribution in [0.15, 0.2) is 30.3 Å². The van der Waals surface area contributed by atoms with Crippen LogP contribution in [-0.4, -0.2) is 40.3 Å². The van der Waals surface area contributed by atoms with Gasteiger partial charge in [0.05, 0.1) is 5.52 Å². The molecule has 24 heavy (non-hydrogen) atoms. The Kier molecular flexibility index (Phi) is 3.34. The summed E-state index contributed by atoms with van der Waals surface area (Å²) in [5.74, 6) is 0.168. The average Bonchev–Trinajstić information content (AvgIpc) is 3.40. The Labute approximate surface area is 141 Å². The summed E-state index contributed by atoms with van der Waals surface area (Å²) in [5, 5.41) is 3.90. The highest BCUT2D eigenvalue weighted by Crippen LogP contribution is 2.42. The highest BCUT2D eigenvalue weighted by Gasteiger charge is 2.42. The number of hydrogen-bond donors (Lipinski definition) is 1. The van der Waals surface area contributed by atoms with Crippen LogP contribution in [0.25, 0.3) is 10.9 Å². The lowest BCUT2D eigenvalue weighted by atomic mass is 9.96. The summed E-state index contributed by atoms with van der Waals surface area (Å²) < 4.78 is 0. The SMILES string of the molecule is CC1(C)C(=O)NCCN1C(=O)c1nc2ccccc2cc1C1CC1. The molecule has 2 heterocycles. The largest absolute Gasteiger partial charge is 0.352 e. The molecule has 2 aliphatic rings. The summed E-state index contributed by atoms with van der Waals surface area (Å²) in [6, 6.07) is 9.97. The molecule has 1 aromatic heterocycles. The fourth-order valence-corrected chi connectivity index (χ4v) is 3.39. The molecule has 0 unspecified atom stereocenters. The van der Waals surface area contributed by atoms with Crippen molar-refractivity contribution in [3.05, 3.63) is 41.6 Å². The third kappa shape index (κ3) is 2.35. The van der Waals surface area contributed by atoms with Crippen molar-refractivity contribution in [2.24, 2.45) is 0 Å². The third-order valence-corrected chi connectivity index (χ3v) is 5.07. The van der Waals surface area contributed by atoms with E-state index in [2.05, 4.69) is 16.4 Å². The normalized spacial score (nSPS) is 20.1. The molecule has 1 saturated heterocycles. The molecule has 2 fully saturated rings. The van der Waals surface area contributed by atoms with E-state index in [4.69, 9.17) is 0 Å². The van der Waals surface area contributed by atoms with Crippen LogP contribution in [0.3, 0.4) is 0 Å². The minimum atomic E-state index is -0.858. The van der Waals surface area contributed by atoms with Crippen molar-refractivity contribution in [3.8, 4) is 0 Å². The van der Waals surface area contributed by atoms with Gasteiger partial charge < -0.3 is 10.2 Å². The maximum atomic E-state index is 13.2. The number of nitrogens with one attached hydrogen (secondary N) is 1. The molecule has 0 bridgehead atoms. The average molecular weight is 323 g/mol. The molecular weight excluding hydrogens is 302 g/mol. The molecule has 124 valence electrons. The molecule has 5 nitrogen and oxygen atoms in total. The van der Waals surface area contributed by atoms with Crippen LogP contribution in [0.2, 0.25) is 0 Å². The van der Waals surface area contributed by atoms with Crippen LogP contribution in [0.4, 0.5) is 0 Å². The van der Waals surface area contributed by atoms with Crippen molar-refractivity contribution in [2.75, 3.05) is 13.1 Å². The van der Waals surface area contributed by atoms with Crippen molar-refractivity contribution in [1.82, 2.24) is 15.2 Å². The Morgan fingerprint density at radius 2 is 2.04 bits per heavy atom. The fourth-order valence-electron chi connectivity index (χ4n) is 3.39. The summed E-state index contributed by atoms with van der Waals surface area (Å²) in [6.07, 6.45) is 2.20. The number of amides is 2. The predicted octanol–water partition coefficient (Wildman–Crippen LogP) is 2.46. The van der Waals surface area contributed by atoms with E-state index < -0.39 is 5.54 Å². The molecule has 1 aromatic carbocycles. The van der Waals surface area contributed by atoms with E-state index >= 15 is 0 Å². The molecule has 0 radical (unpaired) electrons. The van der Waals surface area contributed by atoms with Crippen LogP contribution in [0.1, 0.15) is 48.7 Å². The van der Waals surface area contributed by atoms with Gasteiger partial charge in [0.15, 0.2) is 0 Å². The first-order valence-electron chi connectivity index (χ1n) is 8.48. The number of benzene rings is 1. The number of hydrogen-bond acceptors (Lipinski definition) is 3. The quantitative estimate of drug-likeness (QED) is 0.923. The smallest absolute Gasteiger partial charge is 0.273 e. The number of carbonyl (C=O) groups is 2. The van der Waals surface area contributed by atoms with E-state index in [-0.39, 0.29) is 11.8 Å². The molecule has 0 atom stereocenters. The first-order chi connectivity index (χ1) is 11.5. The van der Waals surface area contributed by atoms with Gasteiger partial charge in [-0.1, -0.05) is 18.2 Å². The van der Waals surface area contributed by atoms with E-state index in [1.165, 1.54) is 0 Å². The number of para-hydroxylation sites is 1. The van der Waals surface area contributed by atoms with Crippen LogP contribution >= 0.6 is 0 Å². The van der Waals surface area contributed by atoms with Gasteiger partial charge in [-0.3, -0.25) is 9.59 Å². The molecule has 0 spiro atoms. The van der Waals surface area contributed by atoms with Gasteiger partial charge in [0, 0.05) is 18.5 Å². The van der Waals surface area contributed by atoms with E-state index in [1.807, 2.05) is 24.3 Å². The van der Waals surface area contributed by atoms with Crippen LogP contribution < -0.4 is 5.32 Å². The predicted molar refractivity (Wildman–Crippen MR) is 91.8 cm³/mol. The van der Waals surface area contributed by atoms with Crippen molar-refractivity contribution in [1.29, 1.82) is 0 Å². The zero-order valence-electron chi connectivity index (χ0n) is 14.0. The molecule has 1 saturated carbocycles. The maximum absolute atomic E-state index is 13.2. The van der Waals surface area contributed by atoms with Gasteiger partial charge >= 0.3 is 0 Å². The molecule has 1 aliphatic carbocycles. The van der Waals surface area contributed by atoms with Gasteiger partial charge in [-0.05, 0) is 50.3 Å². The number of piperazine rings is 1.